The van der Waals surface area contributed by atoms with Crippen molar-refractivity contribution < 1.29 is 9.90 Å². The van der Waals surface area contributed by atoms with Crippen molar-refractivity contribution in [2.75, 3.05) is 37.7 Å². The number of halogens is 1. The molecule has 1 aromatic rings. The predicted molar refractivity (Wildman–Crippen MR) is 131 cm³/mol. The van der Waals surface area contributed by atoms with Gasteiger partial charge in [0, 0.05) is 44.9 Å². The van der Waals surface area contributed by atoms with E-state index in [1.165, 1.54) is 5.56 Å². The molecule has 6 nitrogen and oxygen atoms in total. The van der Waals surface area contributed by atoms with E-state index in [-0.39, 0.29) is 36.5 Å². The van der Waals surface area contributed by atoms with Crippen molar-refractivity contribution >= 4 is 41.5 Å². The zero-order chi connectivity index (χ0) is 20.2. The van der Waals surface area contributed by atoms with E-state index in [9.17, 15) is 9.90 Å². The number of aliphatic hydroxyl groups excluding tert-OH is 1. The Morgan fingerprint density at radius 3 is 2.76 bits per heavy atom. The molecule has 164 valence electrons. The quantitative estimate of drug-likeness (QED) is 0.183. The molecule has 0 radical (unpaired) electrons. The molecule has 1 heterocycles. The fourth-order valence-electron chi connectivity index (χ4n) is 3.66. The first-order valence-corrected chi connectivity index (χ1v) is 10.7. The maximum absolute atomic E-state index is 12.6. The van der Waals surface area contributed by atoms with Gasteiger partial charge in [0.2, 0.25) is 5.91 Å². The van der Waals surface area contributed by atoms with E-state index in [0.29, 0.717) is 25.4 Å². The van der Waals surface area contributed by atoms with Gasteiger partial charge in [-0.25, -0.2) is 0 Å². The molecule has 3 N–H and O–H groups in total. The molecule has 29 heavy (non-hydrogen) atoms. The van der Waals surface area contributed by atoms with E-state index < -0.39 is 0 Å². The summed E-state index contributed by atoms with van der Waals surface area (Å²) in [6.07, 6.45) is 5.23. The number of guanidine groups is 1. The topological polar surface area (TPSA) is 77.0 Å². The number of aliphatic imine (C=N–C) groups is 1. The normalized spacial score (nSPS) is 14.2. The Bertz CT molecular complexity index is 633. The smallest absolute Gasteiger partial charge is 0.227 e. The van der Waals surface area contributed by atoms with Crippen LogP contribution in [0.1, 0.15) is 51.5 Å². The molecule has 1 aromatic carbocycles. The Hall–Kier alpha value is -1.35. The van der Waals surface area contributed by atoms with Crippen molar-refractivity contribution in [1.82, 2.24) is 10.6 Å². The maximum atomic E-state index is 12.6. The Morgan fingerprint density at radius 2 is 2.03 bits per heavy atom. The first-order chi connectivity index (χ1) is 13.7. The lowest BCUT2D eigenvalue weighted by Crippen LogP contribution is -2.38. The van der Waals surface area contributed by atoms with E-state index in [0.717, 1.165) is 56.8 Å². The van der Waals surface area contributed by atoms with Crippen molar-refractivity contribution in [2.45, 2.75) is 52.4 Å². The summed E-state index contributed by atoms with van der Waals surface area (Å²) in [4.78, 5) is 19.1. The predicted octanol–water partition coefficient (Wildman–Crippen LogP) is 3.33. The van der Waals surface area contributed by atoms with Crippen LogP contribution in [-0.2, 0) is 11.2 Å². The van der Waals surface area contributed by atoms with Gasteiger partial charge in [0.1, 0.15) is 0 Å². The molecule has 0 saturated carbocycles. The highest BCUT2D eigenvalue weighted by Gasteiger charge is 2.23. The number of aliphatic hydroxyl groups is 1. The lowest BCUT2D eigenvalue weighted by atomic mass is 10.0. The third-order valence-corrected chi connectivity index (χ3v) is 5.13. The number of rotatable bonds is 11. The second-order valence-corrected chi connectivity index (χ2v) is 7.34. The van der Waals surface area contributed by atoms with E-state index in [1.807, 2.05) is 30.0 Å². The molecule has 1 aliphatic rings. The highest BCUT2D eigenvalue weighted by molar-refractivity contribution is 14.0. The molecular formula is C22H37IN4O2. The molecule has 2 rings (SSSR count). The van der Waals surface area contributed by atoms with Gasteiger partial charge in [0.15, 0.2) is 5.96 Å². The van der Waals surface area contributed by atoms with Gasteiger partial charge in [-0.05, 0) is 50.2 Å². The molecule has 0 saturated heterocycles. The molecule has 0 bridgehead atoms. The minimum Gasteiger partial charge on any atom is -0.396 e. The number of amides is 1. The zero-order valence-electron chi connectivity index (χ0n) is 17.8. The minimum absolute atomic E-state index is 0. The van der Waals surface area contributed by atoms with Gasteiger partial charge in [-0.2, -0.15) is 0 Å². The number of fused-ring (bicyclic) bond motifs is 1. The lowest BCUT2D eigenvalue weighted by molar-refractivity contribution is -0.118. The first-order valence-electron chi connectivity index (χ1n) is 10.7. The van der Waals surface area contributed by atoms with Crippen LogP contribution in [-0.4, -0.2) is 49.8 Å². The Morgan fingerprint density at radius 1 is 1.24 bits per heavy atom. The molecule has 1 unspecified atom stereocenters. The standard InChI is InChI=1S/C22H36N4O2.HI/c1-3-8-18(13-16-27)17-25-22(23-4-2)24-14-7-11-21(28)26-15-12-19-9-5-6-10-20(19)26;/h5-6,9-10,18,27H,3-4,7-8,11-17H2,1-2H3,(H2,23,24,25);1H. The molecule has 0 spiro atoms. The highest BCUT2D eigenvalue weighted by Crippen LogP contribution is 2.27. The summed E-state index contributed by atoms with van der Waals surface area (Å²) in [6, 6.07) is 8.16. The molecule has 0 fully saturated rings. The second-order valence-electron chi connectivity index (χ2n) is 7.34. The van der Waals surface area contributed by atoms with Gasteiger partial charge >= 0.3 is 0 Å². The molecule has 0 aromatic heterocycles. The second kappa shape index (κ2) is 14.6. The Labute approximate surface area is 192 Å². The molecule has 0 aliphatic carbocycles. The van der Waals surface area contributed by atoms with E-state index in [2.05, 4.69) is 28.6 Å². The number of nitrogens with one attached hydrogen (secondary N) is 2. The van der Waals surface area contributed by atoms with E-state index in [4.69, 9.17) is 0 Å². The average Bonchev–Trinajstić information content (AvgIpc) is 3.13. The first kappa shape index (κ1) is 25.7. The van der Waals surface area contributed by atoms with Crippen molar-refractivity contribution in [3.05, 3.63) is 29.8 Å². The SMILES string of the molecule is CCCC(CCO)CN=C(NCC)NCCCC(=O)N1CCc2ccccc21.I. The number of benzene rings is 1. The Balaban J connectivity index is 0.00000420. The number of hydrogen-bond acceptors (Lipinski definition) is 3. The van der Waals surface area contributed by atoms with Crippen LogP contribution in [0, 0.1) is 5.92 Å². The third-order valence-electron chi connectivity index (χ3n) is 5.13. The summed E-state index contributed by atoms with van der Waals surface area (Å²) >= 11 is 0. The summed E-state index contributed by atoms with van der Waals surface area (Å²) in [7, 11) is 0. The van der Waals surface area contributed by atoms with Crippen molar-refractivity contribution in [1.29, 1.82) is 0 Å². The van der Waals surface area contributed by atoms with Crippen LogP contribution in [0.3, 0.4) is 0 Å². The monoisotopic (exact) mass is 516 g/mol. The van der Waals surface area contributed by atoms with Crippen molar-refractivity contribution in [2.24, 2.45) is 10.9 Å². The van der Waals surface area contributed by atoms with Crippen LogP contribution in [0.2, 0.25) is 0 Å². The van der Waals surface area contributed by atoms with Crippen LogP contribution in [0.4, 0.5) is 5.69 Å². The number of anilines is 1. The maximum Gasteiger partial charge on any atom is 0.227 e. The number of carbonyl (C=O) groups excluding carboxylic acids is 1. The molecule has 7 heteroatoms. The number of hydrogen-bond donors (Lipinski definition) is 3. The van der Waals surface area contributed by atoms with Gasteiger partial charge in [-0.3, -0.25) is 9.79 Å². The van der Waals surface area contributed by atoms with Gasteiger partial charge in [0.05, 0.1) is 0 Å². The van der Waals surface area contributed by atoms with Crippen LogP contribution >= 0.6 is 24.0 Å². The Kier molecular flexibility index (Phi) is 12.9. The number of nitrogens with zero attached hydrogens (tertiary/aromatic N) is 2. The molecule has 1 amide bonds. The fourth-order valence-corrected chi connectivity index (χ4v) is 3.66. The number of carbonyl (C=O) groups is 1. The van der Waals surface area contributed by atoms with Gasteiger partial charge < -0.3 is 20.6 Å². The summed E-state index contributed by atoms with van der Waals surface area (Å²) in [5, 5.41) is 15.8. The van der Waals surface area contributed by atoms with Gasteiger partial charge in [-0.15, -0.1) is 24.0 Å². The molecule has 1 atom stereocenters. The average molecular weight is 516 g/mol. The van der Waals surface area contributed by atoms with Gasteiger partial charge in [-0.1, -0.05) is 31.5 Å². The summed E-state index contributed by atoms with van der Waals surface area (Å²) in [5.74, 6) is 1.41. The minimum atomic E-state index is 0. The summed E-state index contributed by atoms with van der Waals surface area (Å²) in [6.45, 7) is 7.44. The third kappa shape index (κ3) is 8.50. The molecular weight excluding hydrogens is 479 g/mol. The van der Waals surface area contributed by atoms with Crippen molar-refractivity contribution in [3.8, 4) is 0 Å². The van der Waals surface area contributed by atoms with E-state index in [1.54, 1.807) is 0 Å². The summed E-state index contributed by atoms with van der Waals surface area (Å²) in [5.41, 5.74) is 2.33. The molecule has 1 aliphatic heterocycles. The van der Waals surface area contributed by atoms with Crippen LogP contribution in [0.15, 0.2) is 29.3 Å². The fraction of sp³-hybridized carbons (Fsp3) is 0.636. The van der Waals surface area contributed by atoms with Crippen LogP contribution in [0.5, 0.6) is 0 Å². The zero-order valence-corrected chi connectivity index (χ0v) is 20.2. The van der Waals surface area contributed by atoms with E-state index >= 15 is 0 Å². The summed E-state index contributed by atoms with van der Waals surface area (Å²) < 4.78 is 0. The van der Waals surface area contributed by atoms with Crippen LogP contribution < -0.4 is 15.5 Å². The van der Waals surface area contributed by atoms with Gasteiger partial charge in [0.25, 0.3) is 0 Å². The van der Waals surface area contributed by atoms with Crippen molar-refractivity contribution in [3.63, 3.8) is 0 Å². The largest absolute Gasteiger partial charge is 0.396 e. The lowest BCUT2D eigenvalue weighted by Gasteiger charge is -2.18. The highest BCUT2D eigenvalue weighted by atomic mass is 127. The number of para-hydroxylation sites is 1. The van der Waals surface area contributed by atoms with Crippen LogP contribution in [0.25, 0.3) is 0 Å².